The second-order valence-corrected chi connectivity index (χ2v) is 6.06. The highest BCUT2D eigenvalue weighted by Gasteiger charge is 2.33. The number of benzene rings is 1. The Morgan fingerprint density at radius 1 is 1.03 bits per heavy atom. The van der Waals surface area contributed by atoms with E-state index >= 15 is 0 Å². The van der Waals surface area contributed by atoms with E-state index < -0.39 is 11.9 Å². The minimum absolute atomic E-state index is 0.0469. The van der Waals surface area contributed by atoms with Crippen molar-refractivity contribution in [3.8, 4) is 22.9 Å². The fraction of sp³-hybridized carbons (Fsp3) is 0.250. The first kappa shape index (κ1) is 20.4. The van der Waals surface area contributed by atoms with E-state index in [9.17, 15) is 13.2 Å². The van der Waals surface area contributed by atoms with Gasteiger partial charge in [-0.15, -0.1) is 0 Å². The van der Waals surface area contributed by atoms with Gasteiger partial charge in [-0.1, -0.05) is 0 Å². The summed E-state index contributed by atoms with van der Waals surface area (Å²) in [5.41, 5.74) is 0.237. The molecule has 0 amide bonds. The van der Waals surface area contributed by atoms with Crippen molar-refractivity contribution in [3.05, 3.63) is 60.0 Å². The summed E-state index contributed by atoms with van der Waals surface area (Å²) in [7, 11) is 3.11. The molecule has 1 aromatic carbocycles. The van der Waals surface area contributed by atoms with Crippen LogP contribution in [0.4, 0.5) is 19.0 Å². The number of pyridine rings is 1. The molecule has 0 fully saturated rings. The standard InChI is InChI=1S/C20H19F3N4O2/c1-28-15-5-6-16(29-2)13(10-15)7-9-25-18-11-17(20(21,22)23)26-19(27-18)14-4-3-8-24-12-14/h3-6,8,10-12H,7,9H2,1-2H3,(H,25,26,27). The van der Waals surface area contributed by atoms with Crippen LogP contribution in [0.25, 0.3) is 11.4 Å². The van der Waals surface area contributed by atoms with Gasteiger partial charge < -0.3 is 14.8 Å². The van der Waals surface area contributed by atoms with Crippen LogP contribution in [-0.2, 0) is 12.6 Å². The number of methoxy groups -OCH3 is 2. The summed E-state index contributed by atoms with van der Waals surface area (Å²) in [6.45, 7) is 0.338. The molecule has 0 atom stereocenters. The van der Waals surface area contributed by atoms with Crippen LogP contribution in [0.3, 0.4) is 0 Å². The molecule has 6 nitrogen and oxygen atoms in total. The maximum atomic E-state index is 13.3. The van der Waals surface area contributed by atoms with Gasteiger partial charge in [0, 0.05) is 30.6 Å². The normalized spacial score (nSPS) is 11.2. The second-order valence-electron chi connectivity index (χ2n) is 6.06. The van der Waals surface area contributed by atoms with Crippen molar-refractivity contribution in [2.45, 2.75) is 12.6 Å². The van der Waals surface area contributed by atoms with E-state index in [0.29, 0.717) is 30.0 Å². The zero-order valence-electron chi connectivity index (χ0n) is 15.8. The molecule has 0 saturated heterocycles. The van der Waals surface area contributed by atoms with Crippen molar-refractivity contribution < 1.29 is 22.6 Å². The molecule has 0 spiro atoms. The quantitative estimate of drug-likeness (QED) is 0.636. The number of alkyl halides is 3. The Kier molecular flexibility index (Phi) is 6.16. The average Bonchev–Trinajstić information content (AvgIpc) is 2.73. The van der Waals surface area contributed by atoms with E-state index in [4.69, 9.17) is 9.47 Å². The topological polar surface area (TPSA) is 69.2 Å². The Labute approximate surface area is 165 Å². The third-order valence-electron chi connectivity index (χ3n) is 4.12. The Hall–Kier alpha value is -3.36. The first-order valence-corrected chi connectivity index (χ1v) is 8.72. The largest absolute Gasteiger partial charge is 0.497 e. The van der Waals surface area contributed by atoms with Crippen LogP contribution in [-0.4, -0.2) is 35.7 Å². The van der Waals surface area contributed by atoms with Crippen molar-refractivity contribution in [2.24, 2.45) is 0 Å². The van der Waals surface area contributed by atoms with Gasteiger partial charge in [0.15, 0.2) is 11.5 Å². The monoisotopic (exact) mass is 404 g/mol. The summed E-state index contributed by atoms with van der Waals surface area (Å²) in [5.74, 6) is 1.37. The van der Waals surface area contributed by atoms with Crippen molar-refractivity contribution in [3.63, 3.8) is 0 Å². The Balaban J connectivity index is 1.82. The molecule has 0 saturated carbocycles. The summed E-state index contributed by atoms with van der Waals surface area (Å²) in [6, 6.07) is 9.48. The van der Waals surface area contributed by atoms with E-state index in [1.807, 2.05) is 6.07 Å². The van der Waals surface area contributed by atoms with Gasteiger partial charge in [0.2, 0.25) is 0 Å². The summed E-state index contributed by atoms with van der Waals surface area (Å²) in [6.07, 6.45) is -1.15. The minimum atomic E-state index is -4.59. The van der Waals surface area contributed by atoms with E-state index in [0.717, 1.165) is 11.6 Å². The SMILES string of the molecule is COc1ccc(OC)c(CCNc2cc(C(F)(F)F)nc(-c3cccnc3)n2)c1. The third-order valence-corrected chi connectivity index (χ3v) is 4.12. The van der Waals surface area contributed by atoms with Gasteiger partial charge in [0.1, 0.15) is 17.3 Å². The Morgan fingerprint density at radius 3 is 2.52 bits per heavy atom. The van der Waals surface area contributed by atoms with Gasteiger partial charge in [-0.05, 0) is 42.3 Å². The number of anilines is 1. The lowest BCUT2D eigenvalue weighted by Gasteiger charge is -2.13. The average molecular weight is 404 g/mol. The Bertz CT molecular complexity index is 966. The molecular weight excluding hydrogens is 385 g/mol. The van der Waals surface area contributed by atoms with Crippen molar-refractivity contribution >= 4 is 5.82 Å². The highest BCUT2D eigenvalue weighted by atomic mass is 19.4. The maximum absolute atomic E-state index is 13.3. The lowest BCUT2D eigenvalue weighted by molar-refractivity contribution is -0.141. The molecule has 0 aliphatic rings. The number of ether oxygens (including phenoxy) is 2. The van der Waals surface area contributed by atoms with Crippen molar-refractivity contribution in [2.75, 3.05) is 26.1 Å². The molecule has 0 bridgehead atoms. The van der Waals surface area contributed by atoms with Gasteiger partial charge >= 0.3 is 6.18 Å². The van der Waals surface area contributed by atoms with Crippen LogP contribution in [0, 0.1) is 0 Å². The molecule has 3 rings (SSSR count). The van der Waals surface area contributed by atoms with E-state index in [-0.39, 0.29) is 11.6 Å². The van der Waals surface area contributed by atoms with Crippen molar-refractivity contribution in [1.29, 1.82) is 0 Å². The Morgan fingerprint density at radius 2 is 1.86 bits per heavy atom. The number of hydrogen-bond donors (Lipinski definition) is 1. The fourth-order valence-electron chi connectivity index (χ4n) is 2.71. The molecule has 29 heavy (non-hydrogen) atoms. The number of halogens is 3. The summed E-state index contributed by atoms with van der Waals surface area (Å²) in [4.78, 5) is 11.8. The predicted octanol–water partition coefficient (Wildman–Crippen LogP) is 4.23. The van der Waals surface area contributed by atoms with Gasteiger partial charge in [0.25, 0.3) is 0 Å². The number of rotatable bonds is 7. The molecule has 2 heterocycles. The van der Waals surface area contributed by atoms with Crippen LogP contribution in [0.2, 0.25) is 0 Å². The van der Waals surface area contributed by atoms with Crippen LogP contribution in [0.15, 0.2) is 48.8 Å². The summed E-state index contributed by atoms with van der Waals surface area (Å²) < 4.78 is 50.3. The number of nitrogens with one attached hydrogen (secondary N) is 1. The zero-order valence-corrected chi connectivity index (χ0v) is 15.8. The van der Waals surface area contributed by atoms with Crippen molar-refractivity contribution in [1.82, 2.24) is 15.0 Å². The van der Waals surface area contributed by atoms with Crippen LogP contribution < -0.4 is 14.8 Å². The van der Waals surface area contributed by atoms with Crippen LogP contribution >= 0.6 is 0 Å². The van der Waals surface area contributed by atoms with Gasteiger partial charge in [-0.25, -0.2) is 9.97 Å². The lowest BCUT2D eigenvalue weighted by atomic mass is 10.1. The van der Waals surface area contributed by atoms with E-state index in [1.165, 1.54) is 12.4 Å². The molecule has 0 aliphatic carbocycles. The smallest absolute Gasteiger partial charge is 0.433 e. The molecule has 0 radical (unpaired) electrons. The molecule has 0 unspecified atom stereocenters. The first-order valence-electron chi connectivity index (χ1n) is 8.72. The van der Waals surface area contributed by atoms with E-state index in [2.05, 4.69) is 20.3 Å². The zero-order chi connectivity index (χ0) is 20.9. The summed E-state index contributed by atoms with van der Waals surface area (Å²) in [5, 5.41) is 2.94. The molecular formula is C20H19F3N4O2. The highest BCUT2D eigenvalue weighted by Crippen LogP contribution is 2.31. The van der Waals surface area contributed by atoms with Gasteiger partial charge in [0.05, 0.1) is 14.2 Å². The number of nitrogens with zero attached hydrogens (tertiary/aromatic N) is 3. The first-order chi connectivity index (χ1) is 13.9. The fourth-order valence-corrected chi connectivity index (χ4v) is 2.71. The van der Waals surface area contributed by atoms with Gasteiger partial charge in [-0.3, -0.25) is 4.98 Å². The van der Waals surface area contributed by atoms with E-state index in [1.54, 1.807) is 38.5 Å². The molecule has 3 aromatic rings. The predicted molar refractivity (Wildman–Crippen MR) is 102 cm³/mol. The van der Waals surface area contributed by atoms with Crippen LogP contribution in [0.1, 0.15) is 11.3 Å². The lowest BCUT2D eigenvalue weighted by Crippen LogP contribution is -2.13. The maximum Gasteiger partial charge on any atom is 0.433 e. The summed E-state index contributed by atoms with van der Waals surface area (Å²) >= 11 is 0. The molecule has 152 valence electrons. The molecule has 0 aliphatic heterocycles. The molecule has 2 aromatic heterocycles. The molecule has 9 heteroatoms. The molecule has 1 N–H and O–H groups in total. The van der Waals surface area contributed by atoms with Crippen LogP contribution in [0.5, 0.6) is 11.5 Å². The third kappa shape index (κ3) is 5.13. The number of aromatic nitrogens is 3. The number of hydrogen-bond acceptors (Lipinski definition) is 6. The second kappa shape index (κ2) is 8.76. The minimum Gasteiger partial charge on any atom is -0.497 e. The highest BCUT2D eigenvalue weighted by molar-refractivity contribution is 5.56. The van der Waals surface area contributed by atoms with Gasteiger partial charge in [-0.2, -0.15) is 13.2 Å².